The smallest absolute Gasteiger partial charge is 0.383 e. The van der Waals surface area contributed by atoms with Gasteiger partial charge in [-0.15, -0.1) is 12.6 Å². The molecule has 0 amide bonds. The number of nitrogens with zero attached hydrogens (tertiary/aromatic N) is 3. The standard InChI is InChI=1S/C23H23N5O2.C6H6S.C2H6/c1-3-6-20-19(21(24)26-14(2)25-20)13-15-9-11-16(12-10-15)17-7-4-5-8-18(17)22-27-23(29)30-28-22;7-6-4-2-1-3-5-6;1-2/h4-5,7-12H,3,6,13H2,1-2H3,(H2,24,25,26)(H,27,28,29);1-5,7H;1-2H3. The molecule has 0 spiro atoms. The van der Waals surface area contributed by atoms with Gasteiger partial charge >= 0.3 is 5.76 Å². The third-order valence-corrected chi connectivity index (χ3v) is 6.05. The summed E-state index contributed by atoms with van der Waals surface area (Å²) in [5, 5.41) is 3.82. The van der Waals surface area contributed by atoms with Crippen molar-refractivity contribution in [2.75, 3.05) is 5.73 Å². The maximum absolute atomic E-state index is 11.3. The van der Waals surface area contributed by atoms with E-state index in [0.29, 0.717) is 23.9 Å². The molecule has 0 fully saturated rings. The van der Waals surface area contributed by atoms with E-state index in [4.69, 9.17) is 5.73 Å². The summed E-state index contributed by atoms with van der Waals surface area (Å²) in [6, 6.07) is 25.8. The zero-order chi connectivity index (χ0) is 28.2. The van der Waals surface area contributed by atoms with Gasteiger partial charge in [0.15, 0.2) is 5.82 Å². The van der Waals surface area contributed by atoms with Crippen LogP contribution in [0.3, 0.4) is 0 Å². The van der Waals surface area contributed by atoms with E-state index in [-0.39, 0.29) is 0 Å². The van der Waals surface area contributed by atoms with Crippen molar-refractivity contribution in [1.29, 1.82) is 0 Å². The number of benzene rings is 3. The summed E-state index contributed by atoms with van der Waals surface area (Å²) < 4.78 is 4.66. The van der Waals surface area contributed by atoms with Gasteiger partial charge in [0.1, 0.15) is 11.6 Å². The van der Waals surface area contributed by atoms with E-state index >= 15 is 0 Å². The van der Waals surface area contributed by atoms with Crippen molar-refractivity contribution < 1.29 is 4.52 Å². The Morgan fingerprint density at radius 2 is 1.54 bits per heavy atom. The van der Waals surface area contributed by atoms with Crippen molar-refractivity contribution in [3.8, 4) is 22.5 Å². The van der Waals surface area contributed by atoms with Crippen molar-refractivity contribution in [2.45, 2.75) is 51.9 Å². The van der Waals surface area contributed by atoms with Gasteiger partial charge in [0.25, 0.3) is 0 Å². The normalized spacial score (nSPS) is 10.2. The van der Waals surface area contributed by atoms with Crippen LogP contribution in [0.4, 0.5) is 5.82 Å². The number of hydrogen-bond donors (Lipinski definition) is 3. The van der Waals surface area contributed by atoms with Gasteiger partial charge in [-0.2, -0.15) is 0 Å². The van der Waals surface area contributed by atoms with Gasteiger partial charge in [-0.3, -0.25) is 9.51 Å². The first-order valence-corrected chi connectivity index (χ1v) is 13.5. The van der Waals surface area contributed by atoms with Gasteiger partial charge in [0.2, 0.25) is 0 Å². The van der Waals surface area contributed by atoms with Crippen LogP contribution >= 0.6 is 12.6 Å². The van der Waals surface area contributed by atoms with Gasteiger partial charge < -0.3 is 5.73 Å². The molecule has 0 atom stereocenters. The number of aryl methyl sites for hydroxylation is 2. The molecule has 0 bridgehead atoms. The summed E-state index contributed by atoms with van der Waals surface area (Å²) in [4.78, 5) is 23.9. The average molecular weight is 542 g/mol. The molecule has 0 aliphatic heterocycles. The molecule has 5 rings (SSSR count). The fourth-order valence-corrected chi connectivity index (χ4v) is 4.21. The molecule has 0 aliphatic carbocycles. The SMILES string of the molecule is CC.CCCc1nc(C)nc(N)c1Cc1ccc(-c2ccccc2-c2noc(=O)[nH]2)cc1.Sc1ccccc1. The molecule has 3 N–H and O–H groups in total. The minimum absolute atomic E-state index is 0.411. The summed E-state index contributed by atoms with van der Waals surface area (Å²) in [5.41, 5.74) is 12.1. The summed E-state index contributed by atoms with van der Waals surface area (Å²) in [7, 11) is 0. The number of aromatic amines is 1. The highest BCUT2D eigenvalue weighted by atomic mass is 32.1. The number of nitrogen functional groups attached to an aromatic ring is 1. The fraction of sp³-hybridized carbons (Fsp3) is 0.226. The molecule has 7 nitrogen and oxygen atoms in total. The van der Waals surface area contributed by atoms with E-state index in [0.717, 1.165) is 51.2 Å². The number of hydrogen-bond acceptors (Lipinski definition) is 7. The number of nitrogens with two attached hydrogens (primary N) is 1. The molecule has 2 aromatic heterocycles. The zero-order valence-electron chi connectivity index (χ0n) is 22.8. The molecular formula is C31H35N5O2S. The van der Waals surface area contributed by atoms with Crippen molar-refractivity contribution in [2.24, 2.45) is 0 Å². The van der Waals surface area contributed by atoms with Crippen LogP contribution in [0.15, 0.2) is 93.1 Å². The maximum Gasteiger partial charge on any atom is 0.439 e. The first-order valence-electron chi connectivity index (χ1n) is 13.0. The van der Waals surface area contributed by atoms with E-state index in [1.807, 2.05) is 75.4 Å². The lowest BCUT2D eigenvalue weighted by molar-refractivity contribution is 0.388. The molecule has 0 saturated carbocycles. The fourth-order valence-electron chi connectivity index (χ4n) is 4.04. The maximum atomic E-state index is 11.3. The van der Waals surface area contributed by atoms with E-state index in [9.17, 15) is 4.79 Å². The third kappa shape index (κ3) is 8.15. The molecule has 39 heavy (non-hydrogen) atoms. The highest BCUT2D eigenvalue weighted by Gasteiger charge is 2.13. The number of aromatic nitrogens is 4. The quantitative estimate of drug-likeness (QED) is 0.201. The predicted molar refractivity (Wildman–Crippen MR) is 161 cm³/mol. The second-order valence-corrected chi connectivity index (χ2v) is 9.05. The van der Waals surface area contributed by atoms with E-state index in [1.165, 1.54) is 0 Å². The van der Waals surface area contributed by atoms with Gasteiger partial charge in [-0.1, -0.05) is 99.1 Å². The van der Waals surface area contributed by atoms with Crippen LogP contribution in [-0.2, 0) is 12.8 Å². The minimum Gasteiger partial charge on any atom is -0.383 e. The van der Waals surface area contributed by atoms with Crippen LogP contribution in [0.5, 0.6) is 0 Å². The highest BCUT2D eigenvalue weighted by molar-refractivity contribution is 7.80. The van der Waals surface area contributed by atoms with Crippen LogP contribution in [0.2, 0.25) is 0 Å². The Balaban J connectivity index is 0.000000401. The molecule has 202 valence electrons. The molecule has 2 heterocycles. The summed E-state index contributed by atoms with van der Waals surface area (Å²) in [5.74, 6) is 1.09. The lowest BCUT2D eigenvalue weighted by atomic mass is 9.96. The second kappa shape index (κ2) is 14.7. The lowest BCUT2D eigenvalue weighted by Gasteiger charge is -2.12. The first kappa shape index (κ1) is 29.4. The number of nitrogens with one attached hydrogen (secondary N) is 1. The molecule has 0 aliphatic rings. The van der Waals surface area contributed by atoms with Crippen LogP contribution in [0, 0.1) is 6.92 Å². The largest absolute Gasteiger partial charge is 0.439 e. The Kier molecular flexibility index (Phi) is 11.1. The van der Waals surface area contributed by atoms with Crippen molar-refractivity contribution in [3.63, 3.8) is 0 Å². The number of thiol groups is 1. The van der Waals surface area contributed by atoms with E-state index < -0.39 is 5.76 Å². The van der Waals surface area contributed by atoms with Crippen LogP contribution in [0.1, 0.15) is 49.8 Å². The first-order chi connectivity index (χ1) is 18.9. The van der Waals surface area contributed by atoms with Crippen molar-refractivity contribution in [3.05, 3.63) is 112 Å². The molecule has 8 heteroatoms. The average Bonchev–Trinajstić information content (AvgIpc) is 3.39. The molecule has 0 unspecified atom stereocenters. The van der Waals surface area contributed by atoms with Crippen LogP contribution in [0.25, 0.3) is 22.5 Å². The predicted octanol–water partition coefficient (Wildman–Crippen LogP) is 6.92. The Bertz CT molecular complexity index is 1510. The third-order valence-electron chi connectivity index (χ3n) is 5.75. The van der Waals surface area contributed by atoms with Crippen LogP contribution < -0.4 is 11.5 Å². The van der Waals surface area contributed by atoms with E-state index in [1.54, 1.807) is 0 Å². The highest BCUT2D eigenvalue weighted by Crippen LogP contribution is 2.30. The summed E-state index contributed by atoms with van der Waals surface area (Å²) in [6.45, 7) is 8.00. The molecule has 5 aromatic rings. The van der Waals surface area contributed by atoms with Gasteiger partial charge in [0.05, 0.1) is 0 Å². The van der Waals surface area contributed by atoms with Gasteiger partial charge in [-0.05, 0) is 42.2 Å². The molecular weight excluding hydrogens is 506 g/mol. The second-order valence-electron chi connectivity index (χ2n) is 8.53. The molecule has 0 radical (unpaired) electrons. The van der Waals surface area contributed by atoms with Crippen LogP contribution in [-0.4, -0.2) is 20.1 Å². The summed E-state index contributed by atoms with van der Waals surface area (Å²) in [6.07, 6.45) is 2.56. The number of H-pyrrole nitrogens is 1. The Morgan fingerprint density at radius 3 is 2.10 bits per heavy atom. The summed E-state index contributed by atoms with van der Waals surface area (Å²) >= 11 is 4.08. The Hall–Kier alpha value is -4.17. The molecule has 3 aromatic carbocycles. The van der Waals surface area contributed by atoms with Gasteiger partial charge in [-0.25, -0.2) is 14.8 Å². The Labute approximate surface area is 235 Å². The number of anilines is 1. The minimum atomic E-state index is -0.573. The topological polar surface area (TPSA) is 111 Å². The molecule has 0 saturated heterocycles. The Morgan fingerprint density at radius 1 is 0.897 bits per heavy atom. The van der Waals surface area contributed by atoms with Gasteiger partial charge in [0, 0.05) is 28.1 Å². The van der Waals surface area contributed by atoms with Crippen molar-refractivity contribution >= 4 is 18.4 Å². The zero-order valence-corrected chi connectivity index (χ0v) is 23.7. The van der Waals surface area contributed by atoms with Crippen molar-refractivity contribution in [1.82, 2.24) is 20.1 Å². The lowest BCUT2D eigenvalue weighted by Crippen LogP contribution is -2.08. The monoisotopic (exact) mass is 541 g/mol. The number of rotatable bonds is 6. The van der Waals surface area contributed by atoms with E-state index in [2.05, 4.69) is 68.4 Å².